The average Bonchev–Trinajstić information content (AvgIpc) is 2.88. The average molecular weight is 335 g/mol. The monoisotopic (exact) mass is 335 g/mol. The summed E-state index contributed by atoms with van der Waals surface area (Å²) in [5, 5.41) is 7.04. The Balaban J connectivity index is 1.99. The molecule has 6 heteroatoms. The molecule has 0 aliphatic carbocycles. The first-order chi connectivity index (χ1) is 11.0. The van der Waals surface area contributed by atoms with Crippen molar-refractivity contribution in [2.45, 2.75) is 33.2 Å². The Labute approximate surface area is 140 Å². The van der Waals surface area contributed by atoms with Gasteiger partial charge in [0.25, 0.3) is 5.91 Å². The molecule has 0 radical (unpaired) electrons. The number of aromatic nitrogens is 1. The van der Waals surface area contributed by atoms with Crippen molar-refractivity contribution >= 4 is 17.2 Å². The predicted octanol–water partition coefficient (Wildman–Crippen LogP) is 2.91. The van der Waals surface area contributed by atoms with Gasteiger partial charge in [0.05, 0.1) is 10.7 Å². The van der Waals surface area contributed by atoms with Crippen molar-refractivity contribution in [3.63, 3.8) is 0 Å². The first-order valence-electron chi connectivity index (χ1n) is 7.72. The van der Waals surface area contributed by atoms with Crippen molar-refractivity contribution in [1.82, 2.24) is 15.6 Å². The van der Waals surface area contributed by atoms with Crippen LogP contribution in [-0.2, 0) is 6.42 Å². The molecule has 1 aromatic heterocycles. The van der Waals surface area contributed by atoms with Crippen molar-refractivity contribution in [3.8, 4) is 0 Å². The number of amides is 1. The van der Waals surface area contributed by atoms with Gasteiger partial charge in [-0.05, 0) is 38.1 Å². The minimum absolute atomic E-state index is 0.0879. The molecular weight excluding hydrogens is 313 g/mol. The summed E-state index contributed by atoms with van der Waals surface area (Å²) < 4.78 is 12.9. The quantitative estimate of drug-likeness (QED) is 0.818. The van der Waals surface area contributed by atoms with Crippen LogP contribution in [0.25, 0.3) is 0 Å². The van der Waals surface area contributed by atoms with E-state index >= 15 is 0 Å². The number of aryl methyl sites for hydroxylation is 1. The number of rotatable bonds is 7. The van der Waals surface area contributed by atoms with Gasteiger partial charge >= 0.3 is 0 Å². The topological polar surface area (TPSA) is 54.0 Å². The molecular formula is C17H22FN3OS. The maximum absolute atomic E-state index is 12.9. The zero-order chi connectivity index (χ0) is 16.8. The smallest absolute Gasteiger partial charge is 0.263 e. The van der Waals surface area contributed by atoms with Crippen LogP contribution in [0, 0.1) is 12.7 Å². The highest BCUT2D eigenvalue weighted by molar-refractivity contribution is 7.13. The molecule has 2 N–H and O–H groups in total. The van der Waals surface area contributed by atoms with Crippen molar-refractivity contribution < 1.29 is 9.18 Å². The summed E-state index contributed by atoms with van der Waals surface area (Å²) >= 11 is 1.39. The molecule has 23 heavy (non-hydrogen) atoms. The molecule has 124 valence electrons. The van der Waals surface area contributed by atoms with Crippen LogP contribution in [0.3, 0.4) is 0 Å². The highest BCUT2D eigenvalue weighted by Gasteiger charge is 2.16. The molecule has 2 rings (SSSR count). The number of hydrogen-bond donors (Lipinski definition) is 2. The molecule has 1 aromatic carbocycles. The lowest BCUT2D eigenvalue weighted by Gasteiger charge is -2.12. The number of likely N-dealkylation sites (N-methyl/N-ethyl adjacent to an activating group) is 1. The second-order valence-electron chi connectivity index (χ2n) is 5.49. The van der Waals surface area contributed by atoms with E-state index in [-0.39, 0.29) is 17.8 Å². The number of nitrogens with one attached hydrogen (secondary N) is 2. The van der Waals surface area contributed by atoms with Crippen molar-refractivity contribution in [2.75, 3.05) is 13.1 Å². The molecule has 0 aliphatic heterocycles. The highest BCUT2D eigenvalue weighted by Crippen LogP contribution is 2.21. The minimum Gasteiger partial charge on any atom is -0.350 e. The Morgan fingerprint density at radius 2 is 2.04 bits per heavy atom. The fraction of sp³-hybridized carbons (Fsp3) is 0.412. The largest absolute Gasteiger partial charge is 0.350 e. The SMILES string of the molecule is CCN[C@H](C)CNC(=O)c1sc(Cc2ccc(F)cc2)nc1C. The van der Waals surface area contributed by atoms with Crippen LogP contribution in [-0.4, -0.2) is 30.0 Å². The molecule has 0 saturated heterocycles. The summed E-state index contributed by atoms with van der Waals surface area (Å²) in [5.74, 6) is -0.339. The van der Waals surface area contributed by atoms with E-state index in [2.05, 4.69) is 15.6 Å². The predicted molar refractivity (Wildman–Crippen MR) is 91.5 cm³/mol. The summed E-state index contributed by atoms with van der Waals surface area (Å²) in [6.07, 6.45) is 0.604. The number of thiazole rings is 1. The van der Waals surface area contributed by atoms with Gasteiger partial charge in [-0.1, -0.05) is 19.1 Å². The van der Waals surface area contributed by atoms with Crippen LogP contribution in [0.4, 0.5) is 4.39 Å². The van der Waals surface area contributed by atoms with Gasteiger partial charge in [-0.25, -0.2) is 9.37 Å². The van der Waals surface area contributed by atoms with Crippen LogP contribution in [0.1, 0.15) is 39.8 Å². The lowest BCUT2D eigenvalue weighted by atomic mass is 10.1. The van der Waals surface area contributed by atoms with Gasteiger partial charge in [-0.3, -0.25) is 4.79 Å². The van der Waals surface area contributed by atoms with E-state index in [9.17, 15) is 9.18 Å². The number of hydrogen-bond acceptors (Lipinski definition) is 4. The highest BCUT2D eigenvalue weighted by atomic mass is 32.1. The molecule has 0 aliphatic rings. The summed E-state index contributed by atoms with van der Waals surface area (Å²) in [6.45, 7) is 7.36. The second-order valence-corrected chi connectivity index (χ2v) is 6.58. The standard InChI is InChI=1S/C17H22FN3OS/c1-4-19-11(2)10-20-17(22)16-12(3)21-15(23-16)9-13-5-7-14(18)8-6-13/h5-8,11,19H,4,9-10H2,1-3H3,(H,20,22)/t11-/m1/s1. The van der Waals surface area contributed by atoms with Crippen LogP contribution in [0.2, 0.25) is 0 Å². The molecule has 4 nitrogen and oxygen atoms in total. The number of nitrogens with zero attached hydrogens (tertiary/aromatic N) is 1. The summed E-state index contributed by atoms with van der Waals surface area (Å²) in [7, 11) is 0. The van der Waals surface area contributed by atoms with E-state index in [0.29, 0.717) is 17.8 Å². The lowest BCUT2D eigenvalue weighted by molar-refractivity contribution is 0.0953. The summed E-state index contributed by atoms with van der Waals surface area (Å²) in [6, 6.07) is 6.58. The Morgan fingerprint density at radius 1 is 1.35 bits per heavy atom. The molecule has 0 fully saturated rings. The molecule has 1 amide bonds. The van der Waals surface area contributed by atoms with Crippen molar-refractivity contribution in [3.05, 3.63) is 51.2 Å². The molecule has 2 aromatic rings. The molecule has 0 saturated carbocycles. The van der Waals surface area contributed by atoms with E-state index in [1.54, 1.807) is 12.1 Å². The Hall–Kier alpha value is -1.79. The molecule has 0 bridgehead atoms. The van der Waals surface area contributed by atoms with Crippen LogP contribution in [0.15, 0.2) is 24.3 Å². The van der Waals surface area contributed by atoms with Crippen LogP contribution >= 0.6 is 11.3 Å². The molecule has 0 spiro atoms. The summed E-state index contributed by atoms with van der Waals surface area (Å²) in [4.78, 5) is 17.4. The third-order valence-corrected chi connectivity index (χ3v) is 4.59. The van der Waals surface area contributed by atoms with Gasteiger partial charge in [0.15, 0.2) is 0 Å². The number of halogens is 1. The van der Waals surface area contributed by atoms with Crippen LogP contribution in [0.5, 0.6) is 0 Å². The van der Waals surface area contributed by atoms with E-state index < -0.39 is 0 Å². The number of benzene rings is 1. The lowest BCUT2D eigenvalue weighted by Crippen LogP contribution is -2.38. The fourth-order valence-electron chi connectivity index (χ4n) is 2.26. The maximum atomic E-state index is 12.9. The Morgan fingerprint density at radius 3 is 2.70 bits per heavy atom. The van der Waals surface area contributed by atoms with E-state index in [0.717, 1.165) is 22.8 Å². The van der Waals surface area contributed by atoms with E-state index in [1.807, 2.05) is 20.8 Å². The second kappa shape index (κ2) is 8.17. The first-order valence-corrected chi connectivity index (χ1v) is 8.53. The number of carbonyl (C=O) groups is 1. The van der Waals surface area contributed by atoms with Gasteiger partial charge in [0.2, 0.25) is 0 Å². The van der Waals surface area contributed by atoms with E-state index in [4.69, 9.17) is 0 Å². The Kier molecular flexibility index (Phi) is 6.24. The van der Waals surface area contributed by atoms with Crippen LogP contribution < -0.4 is 10.6 Å². The van der Waals surface area contributed by atoms with Crippen molar-refractivity contribution in [1.29, 1.82) is 0 Å². The minimum atomic E-state index is -0.251. The molecule has 1 heterocycles. The van der Waals surface area contributed by atoms with E-state index in [1.165, 1.54) is 23.5 Å². The van der Waals surface area contributed by atoms with Gasteiger partial charge in [0, 0.05) is 19.0 Å². The van der Waals surface area contributed by atoms with Crippen molar-refractivity contribution in [2.24, 2.45) is 0 Å². The van der Waals surface area contributed by atoms with Gasteiger partial charge in [-0.15, -0.1) is 11.3 Å². The number of carbonyl (C=O) groups excluding carboxylic acids is 1. The zero-order valence-corrected chi connectivity index (χ0v) is 14.5. The van der Waals surface area contributed by atoms with Gasteiger partial charge in [0.1, 0.15) is 10.7 Å². The molecule has 1 atom stereocenters. The fourth-order valence-corrected chi connectivity index (χ4v) is 3.28. The zero-order valence-electron chi connectivity index (χ0n) is 13.6. The summed E-state index contributed by atoms with van der Waals surface area (Å²) in [5.41, 5.74) is 1.72. The molecule has 0 unspecified atom stereocenters. The maximum Gasteiger partial charge on any atom is 0.263 e. The third-order valence-electron chi connectivity index (χ3n) is 3.44. The Bertz CT molecular complexity index is 654. The normalized spacial score (nSPS) is 12.2. The van der Waals surface area contributed by atoms with Gasteiger partial charge < -0.3 is 10.6 Å². The van der Waals surface area contributed by atoms with Gasteiger partial charge in [-0.2, -0.15) is 0 Å². The third kappa shape index (κ3) is 5.11. The first kappa shape index (κ1) is 17.6.